The zero-order valence-electron chi connectivity index (χ0n) is 15.6. The Morgan fingerprint density at radius 2 is 1.86 bits per heavy atom. The maximum Gasteiger partial charge on any atom is 0.262 e. The highest BCUT2D eigenvalue weighted by atomic mass is 32.2. The van der Waals surface area contributed by atoms with Crippen LogP contribution in [0.3, 0.4) is 0 Å². The van der Waals surface area contributed by atoms with Crippen molar-refractivity contribution < 1.29 is 13.2 Å². The van der Waals surface area contributed by atoms with Crippen molar-refractivity contribution in [3.05, 3.63) is 89.2 Å². The molecule has 0 bridgehead atoms. The molecule has 3 aromatic rings. The molecule has 0 spiro atoms. The number of carbonyl (C=O) groups is 1. The zero-order valence-corrected chi connectivity index (χ0v) is 16.5. The summed E-state index contributed by atoms with van der Waals surface area (Å²) in [4.78, 5) is 16.5. The van der Waals surface area contributed by atoms with E-state index < -0.39 is 10.0 Å². The Hall–Kier alpha value is -3.19. The fourth-order valence-electron chi connectivity index (χ4n) is 2.74. The summed E-state index contributed by atoms with van der Waals surface area (Å²) in [6.45, 7) is 3.89. The molecule has 2 aromatic carbocycles. The first-order valence-corrected chi connectivity index (χ1v) is 10.2. The van der Waals surface area contributed by atoms with Crippen molar-refractivity contribution in [2.24, 2.45) is 0 Å². The van der Waals surface area contributed by atoms with Gasteiger partial charge in [0.25, 0.3) is 15.9 Å². The molecule has 6 nitrogen and oxygen atoms in total. The predicted octanol–water partition coefficient (Wildman–Crippen LogP) is 3.43. The number of aromatic nitrogens is 1. The van der Waals surface area contributed by atoms with Crippen molar-refractivity contribution >= 4 is 21.6 Å². The van der Waals surface area contributed by atoms with Gasteiger partial charge in [0.2, 0.25) is 0 Å². The van der Waals surface area contributed by atoms with Gasteiger partial charge in [-0.15, -0.1) is 0 Å². The highest BCUT2D eigenvalue weighted by molar-refractivity contribution is 7.92. The van der Waals surface area contributed by atoms with Crippen LogP contribution in [0.5, 0.6) is 0 Å². The fourth-order valence-corrected chi connectivity index (χ4v) is 4.06. The van der Waals surface area contributed by atoms with Gasteiger partial charge in [-0.3, -0.25) is 14.5 Å². The van der Waals surface area contributed by atoms with E-state index in [0.29, 0.717) is 17.8 Å². The van der Waals surface area contributed by atoms with E-state index in [1.54, 1.807) is 55.7 Å². The van der Waals surface area contributed by atoms with Crippen molar-refractivity contribution in [3.8, 4) is 0 Å². The fraction of sp³-hybridized carbons (Fsp3) is 0.143. The molecule has 7 heteroatoms. The number of hydrogen-bond acceptors (Lipinski definition) is 4. The molecule has 3 rings (SSSR count). The smallest absolute Gasteiger partial charge is 0.262 e. The van der Waals surface area contributed by atoms with Crippen molar-refractivity contribution in [2.45, 2.75) is 25.3 Å². The van der Waals surface area contributed by atoms with Gasteiger partial charge < -0.3 is 5.32 Å². The monoisotopic (exact) mass is 395 g/mol. The topological polar surface area (TPSA) is 88.2 Å². The van der Waals surface area contributed by atoms with Gasteiger partial charge in [-0.1, -0.05) is 24.3 Å². The summed E-state index contributed by atoms with van der Waals surface area (Å²) in [5.41, 5.74) is 3.12. The second kappa shape index (κ2) is 8.22. The third-order valence-corrected chi connectivity index (χ3v) is 5.71. The van der Waals surface area contributed by atoms with Gasteiger partial charge in [0.1, 0.15) is 0 Å². The Balaban J connectivity index is 1.81. The summed E-state index contributed by atoms with van der Waals surface area (Å²) in [5.74, 6) is -0.351. The summed E-state index contributed by atoms with van der Waals surface area (Å²) < 4.78 is 28.2. The molecule has 1 aromatic heterocycles. The molecular weight excluding hydrogens is 374 g/mol. The quantitative estimate of drug-likeness (QED) is 0.669. The third kappa shape index (κ3) is 4.75. The molecule has 0 aliphatic rings. The minimum Gasteiger partial charge on any atom is -0.348 e. The molecule has 0 saturated carbocycles. The van der Waals surface area contributed by atoms with Gasteiger partial charge in [0.15, 0.2) is 0 Å². The number of pyridine rings is 1. The Bertz CT molecular complexity index is 1100. The maximum atomic E-state index is 12.8. The largest absolute Gasteiger partial charge is 0.348 e. The number of anilines is 1. The number of rotatable bonds is 6. The van der Waals surface area contributed by atoms with Gasteiger partial charge in [-0.2, -0.15) is 0 Å². The van der Waals surface area contributed by atoms with Gasteiger partial charge in [-0.05, 0) is 60.9 Å². The Morgan fingerprint density at radius 1 is 1.04 bits per heavy atom. The third-order valence-electron chi connectivity index (χ3n) is 4.19. The highest BCUT2D eigenvalue weighted by Crippen LogP contribution is 2.21. The van der Waals surface area contributed by atoms with Crippen LogP contribution in [-0.4, -0.2) is 19.3 Å². The molecule has 0 saturated heterocycles. The Morgan fingerprint density at radius 3 is 2.57 bits per heavy atom. The molecule has 28 heavy (non-hydrogen) atoms. The van der Waals surface area contributed by atoms with Crippen LogP contribution in [0.15, 0.2) is 71.9 Å². The zero-order chi connectivity index (χ0) is 20.1. The first-order chi connectivity index (χ1) is 13.3. The normalized spacial score (nSPS) is 11.1. The van der Waals surface area contributed by atoms with E-state index in [9.17, 15) is 13.2 Å². The molecule has 0 aliphatic heterocycles. The van der Waals surface area contributed by atoms with Gasteiger partial charge in [0.05, 0.1) is 4.90 Å². The van der Waals surface area contributed by atoms with Crippen molar-refractivity contribution in [1.82, 2.24) is 10.3 Å². The number of nitrogens with one attached hydrogen (secondary N) is 2. The van der Waals surface area contributed by atoms with Crippen LogP contribution in [-0.2, 0) is 16.6 Å². The summed E-state index contributed by atoms with van der Waals surface area (Å²) in [5, 5.41) is 2.78. The van der Waals surface area contributed by atoms with E-state index in [4.69, 9.17) is 0 Å². The minimum absolute atomic E-state index is 0.0723. The molecule has 0 aliphatic carbocycles. The van der Waals surface area contributed by atoms with Gasteiger partial charge in [-0.25, -0.2) is 8.42 Å². The van der Waals surface area contributed by atoms with Crippen LogP contribution < -0.4 is 10.0 Å². The first-order valence-electron chi connectivity index (χ1n) is 8.72. The molecule has 1 heterocycles. The Labute approximate surface area is 164 Å². The molecular formula is C21H21N3O3S. The van der Waals surface area contributed by atoms with Crippen molar-refractivity contribution in [1.29, 1.82) is 0 Å². The SMILES string of the molecule is Cc1cccc(NS(=O)(=O)c2cc(C(=O)NCc3cccnc3)ccc2C)c1. The number of carbonyl (C=O) groups excluding carboxylic acids is 1. The van der Waals surface area contributed by atoms with Crippen molar-refractivity contribution in [2.75, 3.05) is 4.72 Å². The van der Waals surface area contributed by atoms with Gasteiger partial charge >= 0.3 is 0 Å². The van der Waals surface area contributed by atoms with E-state index in [-0.39, 0.29) is 16.4 Å². The summed E-state index contributed by atoms with van der Waals surface area (Å²) in [7, 11) is -3.82. The first kappa shape index (κ1) is 19.6. The second-order valence-electron chi connectivity index (χ2n) is 6.50. The van der Waals surface area contributed by atoms with E-state index in [0.717, 1.165) is 11.1 Å². The van der Waals surface area contributed by atoms with E-state index in [2.05, 4.69) is 15.0 Å². The van der Waals surface area contributed by atoms with Crippen LogP contribution in [0.4, 0.5) is 5.69 Å². The average Bonchev–Trinajstić information content (AvgIpc) is 2.67. The lowest BCUT2D eigenvalue weighted by molar-refractivity contribution is 0.0950. The summed E-state index contributed by atoms with van der Waals surface area (Å²) in [6, 6.07) is 15.4. The Kier molecular flexibility index (Phi) is 5.75. The average molecular weight is 395 g/mol. The molecule has 1 amide bonds. The standard InChI is InChI=1S/C21H21N3O3S/c1-15-5-3-7-19(11-15)24-28(26,27)20-12-18(9-8-16(20)2)21(25)23-14-17-6-4-10-22-13-17/h3-13,24H,14H2,1-2H3,(H,23,25). The van der Waals surface area contributed by atoms with Crippen LogP contribution in [0, 0.1) is 13.8 Å². The molecule has 144 valence electrons. The van der Waals surface area contributed by atoms with Crippen LogP contribution in [0.25, 0.3) is 0 Å². The molecule has 0 unspecified atom stereocenters. The number of aryl methyl sites for hydroxylation is 2. The molecule has 0 radical (unpaired) electrons. The molecule has 2 N–H and O–H groups in total. The molecule has 0 fully saturated rings. The summed E-state index contributed by atoms with van der Waals surface area (Å²) >= 11 is 0. The lowest BCUT2D eigenvalue weighted by Crippen LogP contribution is -2.23. The minimum atomic E-state index is -3.82. The van der Waals surface area contributed by atoms with E-state index in [1.165, 1.54) is 6.07 Å². The van der Waals surface area contributed by atoms with Gasteiger partial charge in [0, 0.05) is 30.2 Å². The summed E-state index contributed by atoms with van der Waals surface area (Å²) in [6.07, 6.45) is 3.32. The lowest BCUT2D eigenvalue weighted by atomic mass is 10.1. The number of amides is 1. The van der Waals surface area contributed by atoms with Crippen LogP contribution in [0.1, 0.15) is 27.0 Å². The van der Waals surface area contributed by atoms with E-state index >= 15 is 0 Å². The van der Waals surface area contributed by atoms with Crippen LogP contribution >= 0.6 is 0 Å². The second-order valence-corrected chi connectivity index (χ2v) is 8.15. The van der Waals surface area contributed by atoms with E-state index in [1.807, 2.05) is 19.1 Å². The highest BCUT2D eigenvalue weighted by Gasteiger charge is 2.19. The van der Waals surface area contributed by atoms with Crippen molar-refractivity contribution in [3.63, 3.8) is 0 Å². The van der Waals surface area contributed by atoms with Crippen LogP contribution in [0.2, 0.25) is 0 Å². The molecule has 0 atom stereocenters. The predicted molar refractivity (Wildman–Crippen MR) is 109 cm³/mol. The number of nitrogens with zero attached hydrogens (tertiary/aromatic N) is 1. The number of sulfonamides is 1. The number of benzene rings is 2. The maximum absolute atomic E-state index is 12.8. The lowest BCUT2D eigenvalue weighted by Gasteiger charge is -2.12. The number of hydrogen-bond donors (Lipinski definition) is 2.